The number of hydrogen-bond donors (Lipinski definition) is 0. The van der Waals surface area contributed by atoms with Crippen molar-refractivity contribution in [3.8, 4) is 0 Å². The van der Waals surface area contributed by atoms with Crippen LogP contribution in [0.25, 0.3) is 10.9 Å². The molecule has 4 rings (SSSR count). The van der Waals surface area contributed by atoms with E-state index in [0.29, 0.717) is 42.8 Å². The number of carbonyl (C=O) groups excluding carboxylic acids is 1. The fraction of sp³-hybridized carbons (Fsp3) is 0.263. The van der Waals surface area contributed by atoms with Gasteiger partial charge in [-0.3, -0.25) is 19.9 Å². The second-order valence-electron chi connectivity index (χ2n) is 6.45. The van der Waals surface area contributed by atoms with Crippen LogP contribution in [0.5, 0.6) is 0 Å². The normalized spacial score (nSPS) is 14.6. The number of carbonyl (C=O) groups is 1. The summed E-state index contributed by atoms with van der Waals surface area (Å²) in [5.74, 6) is 0.0324. The molecule has 1 aliphatic rings. The van der Waals surface area contributed by atoms with Crippen LogP contribution in [0.3, 0.4) is 0 Å². The van der Waals surface area contributed by atoms with Gasteiger partial charge in [0.05, 0.1) is 20.7 Å². The summed E-state index contributed by atoms with van der Waals surface area (Å²) in [6.07, 6.45) is 1.63. The van der Waals surface area contributed by atoms with E-state index in [4.69, 9.17) is 0 Å². The van der Waals surface area contributed by atoms with Crippen LogP contribution in [0.2, 0.25) is 0 Å². The van der Waals surface area contributed by atoms with Crippen molar-refractivity contribution in [2.75, 3.05) is 31.1 Å². The van der Waals surface area contributed by atoms with Crippen LogP contribution in [-0.2, 0) is 0 Å². The fourth-order valence-corrected chi connectivity index (χ4v) is 4.26. The fourth-order valence-electron chi connectivity index (χ4n) is 3.43. The zero-order chi connectivity index (χ0) is 19.0. The first-order chi connectivity index (χ1) is 13.0. The number of piperazine rings is 1. The van der Waals surface area contributed by atoms with Crippen molar-refractivity contribution in [3.63, 3.8) is 0 Å². The van der Waals surface area contributed by atoms with Crippen LogP contribution in [0.1, 0.15) is 14.5 Å². The lowest BCUT2D eigenvalue weighted by molar-refractivity contribution is -0.382. The van der Waals surface area contributed by atoms with Crippen molar-refractivity contribution in [1.29, 1.82) is 0 Å². The molecule has 0 unspecified atom stereocenters. The lowest BCUT2D eigenvalue weighted by Crippen LogP contribution is -2.48. The number of anilines is 1. The molecule has 3 heterocycles. The standard InChI is InChI=1S/C19H18N4O3S/c1-13-4-7-17(27-13)19(24)22-11-9-21(10-12-22)16-6-5-15-14(3-2-8-20-15)18(16)23(25)26/h2-8H,9-12H2,1H3. The number of amides is 1. The van der Waals surface area contributed by atoms with Gasteiger partial charge in [0.15, 0.2) is 0 Å². The van der Waals surface area contributed by atoms with Gasteiger partial charge < -0.3 is 9.80 Å². The molecule has 0 radical (unpaired) electrons. The van der Waals surface area contributed by atoms with Gasteiger partial charge in [0.2, 0.25) is 0 Å². The number of fused-ring (bicyclic) bond motifs is 1. The van der Waals surface area contributed by atoms with Gasteiger partial charge in [-0.25, -0.2) is 0 Å². The minimum Gasteiger partial charge on any atom is -0.362 e. The van der Waals surface area contributed by atoms with Crippen molar-refractivity contribution < 1.29 is 9.72 Å². The zero-order valence-corrected chi connectivity index (χ0v) is 15.6. The van der Waals surface area contributed by atoms with Crippen LogP contribution in [0, 0.1) is 17.0 Å². The first kappa shape index (κ1) is 17.4. The minimum atomic E-state index is -0.342. The Hall–Kier alpha value is -3.00. The maximum Gasteiger partial charge on any atom is 0.301 e. The van der Waals surface area contributed by atoms with Gasteiger partial charge in [0.1, 0.15) is 5.69 Å². The van der Waals surface area contributed by atoms with Crippen LogP contribution in [0.4, 0.5) is 11.4 Å². The zero-order valence-electron chi connectivity index (χ0n) is 14.8. The molecule has 0 saturated carbocycles. The summed E-state index contributed by atoms with van der Waals surface area (Å²) in [6, 6.07) is 10.8. The lowest BCUT2D eigenvalue weighted by Gasteiger charge is -2.35. The number of hydrogen-bond acceptors (Lipinski definition) is 6. The molecule has 138 valence electrons. The topological polar surface area (TPSA) is 79.6 Å². The molecule has 1 aromatic carbocycles. The summed E-state index contributed by atoms with van der Waals surface area (Å²) in [6.45, 7) is 4.18. The van der Waals surface area contributed by atoms with Crippen molar-refractivity contribution in [2.45, 2.75) is 6.92 Å². The van der Waals surface area contributed by atoms with Gasteiger partial charge in [-0.1, -0.05) is 0 Å². The number of thiophene rings is 1. The largest absolute Gasteiger partial charge is 0.362 e. The van der Waals surface area contributed by atoms with Crippen molar-refractivity contribution in [3.05, 3.63) is 62.5 Å². The van der Waals surface area contributed by atoms with E-state index < -0.39 is 0 Å². The van der Waals surface area contributed by atoms with E-state index in [1.165, 1.54) is 11.3 Å². The Morgan fingerprint density at radius 3 is 2.59 bits per heavy atom. The minimum absolute atomic E-state index is 0.0324. The second-order valence-corrected chi connectivity index (χ2v) is 7.74. The van der Waals surface area contributed by atoms with E-state index in [1.807, 2.05) is 34.9 Å². The van der Waals surface area contributed by atoms with Gasteiger partial charge in [0.25, 0.3) is 5.91 Å². The van der Waals surface area contributed by atoms with Gasteiger partial charge >= 0.3 is 5.69 Å². The number of rotatable bonds is 3. The highest BCUT2D eigenvalue weighted by atomic mass is 32.1. The Bertz CT molecular complexity index is 1020. The Balaban J connectivity index is 1.57. The smallest absolute Gasteiger partial charge is 0.301 e. The Labute approximate surface area is 160 Å². The molecule has 27 heavy (non-hydrogen) atoms. The van der Waals surface area contributed by atoms with Gasteiger partial charge in [-0.2, -0.15) is 0 Å². The highest BCUT2D eigenvalue weighted by Gasteiger charge is 2.28. The quantitative estimate of drug-likeness (QED) is 0.512. The summed E-state index contributed by atoms with van der Waals surface area (Å²) >= 11 is 1.49. The molecule has 1 aliphatic heterocycles. The van der Waals surface area contributed by atoms with Crippen LogP contribution in [-0.4, -0.2) is 46.9 Å². The van der Waals surface area contributed by atoms with Crippen LogP contribution in [0.15, 0.2) is 42.6 Å². The first-order valence-corrected chi connectivity index (χ1v) is 9.49. The third-order valence-electron chi connectivity index (χ3n) is 4.78. The molecule has 0 atom stereocenters. The number of pyridine rings is 1. The molecule has 3 aromatic rings. The maximum absolute atomic E-state index is 12.6. The van der Waals surface area contributed by atoms with Crippen LogP contribution < -0.4 is 4.90 Å². The van der Waals surface area contributed by atoms with E-state index in [1.54, 1.807) is 24.4 Å². The summed E-state index contributed by atoms with van der Waals surface area (Å²) in [5.41, 5.74) is 1.27. The molecule has 1 fully saturated rings. The van der Waals surface area contributed by atoms with Gasteiger partial charge in [-0.15, -0.1) is 11.3 Å². The van der Waals surface area contributed by atoms with E-state index in [0.717, 1.165) is 9.75 Å². The van der Waals surface area contributed by atoms with E-state index in [2.05, 4.69) is 4.98 Å². The number of nitro groups is 1. The number of benzene rings is 1. The molecule has 2 aromatic heterocycles. The van der Waals surface area contributed by atoms with Crippen LogP contribution >= 0.6 is 11.3 Å². The summed E-state index contributed by atoms with van der Waals surface area (Å²) in [5, 5.41) is 12.3. The SMILES string of the molecule is Cc1ccc(C(=O)N2CCN(c3ccc4ncccc4c3[N+](=O)[O-])CC2)s1. The number of nitro benzene ring substituents is 1. The molecular formula is C19H18N4O3S. The Morgan fingerprint density at radius 1 is 1.15 bits per heavy atom. The predicted octanol–water partition coefficient (Wildman–Crippen LogP) is 3.48. The number of nitrogens with zero attached hydrogens (tertiary/aromatic N) is 4. The molecule has 1 saturated heterocycles. The molecule has 0 spiro atoms. The third-order valence-corrected chi connectivity index (χ3v) is 5.77. The first-order valence-electron chi connectivity index (χ1n) is 8.67. The molecule has 0 N–H and O–H groups in total. The predicted molar refractivity (Wildman–Crippen MR) is 106 cm³/mol. The Morgan fingerprint density at radius 2 is 1.93 bits per heavy atom. The van der Waals surface area contributed by atoms with E-state index in [-0.39, 0.29) is 16.5 Å². The average Bonchev–Trinajstić information content (AvgIpc) is 3.13. The Kier molecular flexibility index (Phi) is 4.49. The van der Waals surface area contributed by atoms with Crippen molar-refractivity contribution >= 4 is 39.5 Å². The molecule has 0 bridgehead atoms. The van der Waals surface area contributed by atoms with E-state index in [9.17, 15) is 14.9 Å². The third kappa shape index (κ3) is 3.23. The summed E-state index contributed by atoms with van der Waals surface area (Å²) < 4.78 is 0. The maximum atomic E-state index is 12.6. The molecule has 8 heteroatoms. The monoisotopic (exact) mass is 382 g/mol. The van der Waals surface area contributed by atoms with Crippen molar-refractivity contribution in [2.24, 2.45) is 0 Å². The lowest BCUT2D eigenvalue weighted by atomic mass is 10.1. The highest BCUT2D eigenvalue weighted by molar-refractivity contribution is 7.13. The number of aromatic nitrogens is 1. The molecule has 1 amide bonds. The van der Waals surface area contributed by atoms with Gasteiger partial charge in [-0.05, 0) is 43.3 Å². The van der Waals surface area contributed by atoms with E-state index >= 15 is 0 Å². The summed E-state index contributed by atoms with van der Waals surface area (Å²) in [4.78, 5) is 33.8. The average molecular weight is 382 g/mol. The molecular weight excluding hydrogens is 364 g/mol. The number of aryl methyl sites for hydroxylation is 1. The summed E-state index contributed by atoms with van der Waals surface area (Å²) in [7, 11) is 0. The van der Waals surface area contributed by atoms with Crippen molar-refractivity contribution in [1.82, 2.24) is 9.88 Å². The highest BCUT2D eigenvalue weighted by Crippen LogP contribution is 2.35. The molecule has 0 aliphatic carbocycles. The molecule has 7 nitrogen and oxygen atoms in total. The second kappa shape index (κ2) is 6.96. The van der Waals surface area contributed by atoms with Gasteiger partial charge in [0, 0.05) is 37.3 Å².